The first-order chi connectivity index (χ1) is 9.24. The molecule has 1 aliphatic rings. The number of aromatic nitrogens is 2. The van der Waals surface area contributed by atoms with Crippen LogP contribution in [-0.4, -0.2) is 46.8 Å². The molecule has 0 aromatic carbocycles. The van der Waals surface area contributed by atoms with Crippen LogP contribution >= 0.6 is 0 Å². The third-order valence-corrected chi connectivity index (χ3v) is 3.11. The van der Waals surface area contributed by atoms with E-state index >= 15 is 0 Å². The number of hydrogen-bond acceptors (Lipinski definition) is 4. The maximum absolute atomic E-state index is 12.3. The van der Waals surface area contributed by atoms with Crippen molar-refractivity contribution in [3.05, 3.63) is 30.2 Å². The lowest BCUT2D eigenvalue weighted by atomic mass is 10.2. The summed E-state index contributed by atoms with van der Waals surface area (Å²) in [5.41, 5.74) is 1.11. The second-order valence-electron chi connectivity index (χ2n) is 4.58. The van der Waals surface area contributed by atoms with Gasteiger partial charge in [0.25, 0.3) is 5.91 Å². The molecule has 1 N–H and O–H groups in total. The number of morpholine rings is 1. The van der Waals surface area contributed by atoms with Crippen molar-refractivity contribution in [2.75, 3.05) is 19.7 Å². The zero-order chi connectivity index (χ0) is 13.2. The van der Waals surface area contributed by atoms with Crippen molar-refractivity contribution >= 4 is 5.91 Å². The molecule has 1 aliphatic heterocycles. The molecule has 3 rings (SSSR count). The SMILES string of the molecule is C[C@H]1CN(C(=O)c2cc(-c3ccco3)[nH]n2)CCO1. The second-order valence-corrected chi connectivity index (χ2v) is 4.58. The smallest absolute Gasteiger partial charge is 0.274 e. The van der Waals surface area contributed by atoms with Crippen molar-refractivity contribution in [2.45, 2.75) is 13.0 Å². The van der Waals surface area contributed by atoms with Crippen LogP contribution in [0.15, 0.2) is 28.9 Å². The molecule has 19 heavy (non-hydrogen) atoms. The molecular weight excluding hydrogens is 246 g/mol. The van der Waals surface area contributed by atoms with Crippen LogP contribution in [0.1, 0.15) is 17.4 Å². The standard InChI is InChI=1S/C13H15N3O3/c1-9-8-16(4-6-18-9)13(17)11-7-10(14-15-11)12-3-2-5-19-12/h2-3,5,7,9H,4,6,8H2,1H3,(H,14,15)/t9-/m0/s1. The Kier molecular flexibility index (Phi) is 3.08. The van der Waals surface area contributed by atoms with Crippen molar-refractivity contribution in [1.29, 1.82) is 0 Å². The molecule has 0 spiro atoms. The largest absolute Gasteiger partial charge is 0.463 e. The van der Waals surface area contributed by atoms with Gasteiger partial charge in [-0.05, 0) is 19.1 Å². The highest BCUT2D eigenvalue weighted by Crippen LogP contribution is 2.19. The highest BCUT2D eigenvalue weighted by Gasteiger charge is 2.24. The number of H-pyrrole nitrogens is 1. The molecule has 1 amide bonds. The van der Waals surface area contributed by atoms with Crippen molar-refractivity contribution in [2.24, 2.45) is 0 Å². The van der Waals surface area contributed by atoms with E-state index in [0.717, 1.165) is 0 Å². The number of furan rings is 1. The highest BCUT2D eigenvalue weighted by molar-refractivity contribution is 5.93. The van der Waals surface area contributed by atoms with Gasteiger partial charge in [0.2, 0.25) is 0 Å². The maximum Gasteiger partial charge on any atom is 0.274 e. The van der Waals surface area contributed by atoms with Gasteiger partial charge in [0.05, 0.1) is 19.0 Å². The molecule has 100 valence electrons. The van der Waals surface area contributed by atoms with Crippen LogP contribution in [-0.2, 0) is 4.74 Å². The molecule has 0 radical (unpaired) electrons. The summed E-state index contributed by atoms with van der Waals surface area (Å²) in [5, 5.41) is 6.87. The summed E-state index contributed by atoms with van der Waals surface area (Å²) < 4.78 is 10.7. The van der Waals surface area contributed by atoms with Gasteiger partial charge in [-0.25, -0.2) is 0 Å². The molecular formula is C13H15N3O3. The average Bonchev–Trinajstić information content (AvgIpc) is 3.08. The van der Waals surface area contributed by atoms with Gasteiger partial charge >= 0.3 is 0 Å². The predicted octanol–water partition coefficient (Wildman–Crippen LogP) is 1.53. The summed E-state index contributed by atoms with van der Waals surface area (Å²) in [6.45, 7) is 3.73. The molecule has 3 heterocycles. The van der Waals surface area contributed by atoms with Crippen LogP contribution < -0.4 is 0 Å². The number of aromatic amines is 1. The first kappa shape index (κ1) is 12.0. The Bertz CT molecular complexity index is 561. The number of amides is 1. The molecule has 2 aromatic rings. The van der Waals surface area contributed by atoms with E-state index in [1.54, 1.807) is 23.3 Å². The van der Waals surface area contributed by atoms with E-state index in [2.05, 4.69) is 10.2 Å². The first-order valence-electron chi connectivity index (χ1n) is 6.24. The summed E-state index contributed by atoms with van der Waals surface area (Å²) >= 11 is 0. The van der Waals surface area contributed by atoms with Crippen LogP contribution in [0, 0.1) is 0 Å². The number of carbonyl (C=O) groups is 1. The van der Waals surface area contributed by atoms with Gasteiger partial charge in [-0.15, -0.1) is 0 Å². The van der Waals surface area contributed by atoms with Gasteiger partial charge in [-0.3, -0.25) is 9.89 Å². The van der Waals surface area contributed by atoms with Crippen LogP contribution in [0.2, 0.25) is 0 Å². The Hall–Kier alpha value is -2.08. The fourth-order valence-electron chi connectivity index (χ4n) is 2.15. The maximum atomic E-state index is 12.3. The third kappa shape index (κ3) is 2.39. The lowest BCUT2D eigenvalue weighted by Crippen LogP contribution is -2.44. The number of hydrogen-bond donors (Lipinski definition) is 1. The molecule has 1 fully saturated rings. The Morgan fingerprint density at radius 3 is 3.21 bits per heavy atom. The van der Waals surface area contributed by atoms with E-state index < -0.39 is 0 Å². The molecule has 0 saturated carbocycles. The summed E-state index contributed by atoms with van der Waals surface area (Å²) in [7, 11) is 0. The van der Waals surface area contributed by atoms with E-state index in [1.165, 1.54) is 0 Å². The second kappa shape index (κ2) is 4.89. The summed E-state index contributed by atoms with van der Waals surface area (Å²) in [6, 6.07) is 5.32. The zero-order valence-electron chi connectivity index (χ0n) is 10.6. The van der Waals surface area contributed by atoms with E-state index in [9.17, 15) is 4.79 Å². The minimum Gasteiger partial charge on any atom is -0.463 e. The highest BCUT2D eigenvalue weighted by atomic mass is 16.5. The van der Waals surface area contributed by atoms with Crippen LogP contribution in [0.5, 0.6) is 0 Å². The lowest BCUT2D eigenvalue weighted by Gasteiger charge is -2.30. The van der Waals surface area contributed by atoms with E-state index in [-0.39, 0.29) is 12.0 Å². The Morgan fingerprint density at radius 2 is 2.47 bits per heavy atom. The van der Waals surface area contributed by atoms with Gasteiger partial charge in [-0.2, -0.15) is 5.10 Å². The van der Waals surface area contributed by atoms with Crippen molar-refractivity contribution in [1.82, 2.24) is 15.1 Å². The molecule has 1 atom stereocenters. The van der Waals surface area contributed by atoms with E-state index in [0.29, 0.717) is 36.8 Å². The van der Waals surface area contributed by atoms with Crippen LogP contribution in [0.25, 0.3) is 11.5 Å². The quantitative estimate of drug-likeness (QED) is 0.890. The van der Waals surface area contributed by atoms with Crippen molar-refractivity contribution in [3.8, 4) is 11.5 Å². The Balaban J connectivity index is 1.77. The van der Waals surface area contributed by atoms with Gasteiger partial charge in [0.1, 0.15) is 5.69 Å². The van der Waals surface area contributed by atoms with Crippen molar-refractivity contribution in [3.63, 3.8) is 0 Å². The summed E-state index contributed by atoms with van der Waals surface area (Å²) in [5.74, 6) is 0.589. The molecule has 2 aromatic heterocycles. The van der Waals surface area contributed by atoms with Gasteiger partial charge in [-0.1, -0.05) is 0 Å². The summed E-state index contributed by atoms with van der Waals surface area (Å²) in [6.07, 6.45) is 1.66. The Morgan fingerprint density at radius 1 is 1.58 bits per heavy atom. The van der Waals surface area contributed by atoms with E-state index in [1.807, 2.05) is 13.0 Å². The monoisotopic (exact) mass is 261 g/mol. The number of ether oxygens (including phenoxy) is 1. The molecule has 0 unspecified atom stereocenters. The van der Waals surface area contributed by atoms with Crippen molar-refractivity contribution < 1.29 is 13.9 Å². The van der Waals surface area contributed by atoms with E-state index in [4.69, 9.17) is 9.15 Å². The average molecular weight is 261 g/mol. The predicted molar refractivity (Wildman–Crippen MR) is 67.6 cm³/mol. The zero-order valence-corrected chi connectivity index (χ0v) is 10.6. The molecule has 0 aliphatic carbocycles. The number of nitrogens with one attached hydrogen (secondary N) is 1. The minimum atomic E-state index is -0.0794. The molecule has 6 heteroatoms. The molecule has 1 saturated heterocycles. The third-order valence-electron chi connectivity index (χ3n) is 3.11. The van der Waals surface area contributed by atoms with Crippen LogP contribution in [0.3, 0.4) is 0 Å². The number of nitrogens with zero attached hydrogens (tertiary/aromatic N) is 2. The van der Waals surface area contributed by atoms with Gasteiger partial charge in [0, 0.05) is 19.2 Å². The fourth-order valence-corrected chi connectivity index (χ4v) is 2.15. The number of rotatable bonds is 2. The topological polar surface area (TPSA) is 71.4 Å². The Labute approximate surface area is 110 Å². The van der Waals surface area contributed by atoms with Gasteiger partial charge < -0.3 is 14.1 Å². The molecule has 6 nitrogen and oxygen atoms in total. The molecule has 0 bridgehead atoms. The van der Waals surface area contributed by atoms with Crippen LogP contribution in [0.4, 0.5) is 0 Å². The normalized spacial score (nSPS) is 19.6. The minimum absolute atomic E-state index is 0.0705. The first-order valence-corrected chi connectivity index (χ1v) is 6.24. The lowest BCUT2D eigenvalue weighted by molar-refractivity contribution is -0.0126. The summed E-state index contributed by atoms with van der Waals surface area (Å²) in [4.78, 5) is 14.0. The fraction of sp³-hybridized carbons (Fsp3) is 0.385. The number of carbonyl (C=O) groups excluding carboxylic acids is 1. The van der Waals surface area contributed by atoms with Gasteiger partial charge in [0.15, 0.2) is 11.5 Å².